The average Bonchev–Trinajstić information content (AvgIpc) is 2.38. The van der Waals surface area contributed by atoms with Crippen LogP contribution in [0.3, 0.4) is 0 Å². The summed E-state index contributed by atoms with van der Waals surface area (Å²) in [7, 11) is 0. The van der Waals surface area contributed by atoms with Crippen LogP contribution in [-0.4, -0.2) is 5.33 Å². The maximum absolute atomic E-state index is 3.47. The Bertz CT molecular complexity index is 255. The summed E-state index contributed by atoms with van der Waals surface area (Å²) < 4.78 is 0. The molecule has 0 radical (unpaired) electrons. The van der Waals surface area contributed by atoms with Gasteiger partial charge in [0.25, 0.3) is 0 Å². The molecule has 0 aromatic heterocycles. The van der Waals surface area contributed by atoms with E-state index in [0.29, 0.717) is 0 Å². The van der Waals surface area contributed by atoms with Gasteiger partial charge in [-0.2, -0.15) is 0 Å². The first-order valence-electron chi connectivity index (χ1n) is 9.17. The molecule has 0 aliphatic heterocycles. The van der Waals surface area contributed by atoms with Crippen LogP contribution in [0.2, 0.25) is 0 Å². The number of alkyl halides is 1. The van der Waals surface area contributed by atoms with Crippen LogP contribution in [0.4, 0.5) is 0 Å². The van der Waals surface area contributed by atoms with E-state index >= 15 is 0 Å². The molecular weight excluding hydrogens is 320 g/mol. The van der Waals surface area contributed by atoms with Crippen molar-refractivity contribution in [2.75, 3.05) is 5.33 Å². The number of rotatable bonds is 13. The first kappa shape index (κ1) is 21.2. The predicted octanol–water partition coefficient (Wildman–Crippen LogP) is 7.77. The summed E-state index contributed by atoms with van der Waals surface area (Å²) >= 11 is 3.47. The van der Waals surface area contributed by atoms with Crippen molar-refractivity contribution in [1.29, 1.82) is 0 Å². The SMILES string of the molecule is C/C(=C\CBr)CCC[C@H](C)CCC[C@@H](C)CCCC(C)C. The number of halogens is 1. The summed E-state index contributed by atoms with van der Waals surface area (Å²) in [6.07, 6.45) is 14.9. The molecule has 0 unspecified atom stereocenters. The van der Waals surface area contributed by atoms with Crippen molar-refractivity contribution in [2.24, 2.45) is 17.8 Å². The van der Waals surface area contributed by atoms with Crippen molar-refractivity contribution in [2.45, 2.75) is 92.4 Å². The third-order valence-corrected chi connectivity index (χ3v) is 4.89. The fraction of sp³-hybridized carbons (Fsp3) is 0.900. The highest BCUT2D eigenvalue weighted by molar-refractivity contribution is 9.09. The minimum Gasteiger partial charge on any atom is -0.0883 e. The first-order valence-corrected chi connectivity index (χ1v) is 10.3. The Hall–Kier alpha value is 0.220. The largest absolute Gasteiger partial charge is 0.0883 e. The van der Waals surface area contributed by atoms with Crippen LogP contribution in [-0.2, 0) is 0 Å². The summed E-state index contributed by atoms with van der Waals surface area (Å²) in [5, 5.41) is 1.00. The molecule has 0 aliphatic carbocycles. The molecule has 0 saturated heterocycles. The number of hydrogen-bond donors (Lipinski definition) is 0. The van der Waals surface area contributed by atoms with Gasteiger partial charge < -0.3 is 0 Å². The molecule has 0 bridgehead atoms. The fourth-order valence-electron chi connectivity index (χ4n) is 2.94. The van der Waals surface area contributed by atoms with Gasteiger partial charge in [-0.1, -0.05) is 100 Å². The number of allylic oxidation sites excluding steroid dienone is 2. The topological polar surface area (TPSA) is 0 Å². The summed E-state index contributed by atoms with van der Waals surface area (Å²) in [6, 6.07) is 0. The van der Waals surface area contributed by atoms with Crippen molar-refractivity contribution in [3.8, 4) is 0 Å². The van der Waals surface area contributed by atoms with Crippen molar-refractivity contribution in [1.82, 2.24) is 0 Å². The lowest BCUT2D eigenvalue weighted by Gasteiger charge is -2.15. The molecule has 0 aromatic carbocycles. The van der Waals surface area contributed by atoms with Crippen molar-refractivity contribution >= 4 is 15.9 Å². The van der Waals surface area contributed by atoms with Gasteiger partial charge in [-0.15, -0.1) is 0 Å². The smallest absolute Gasteiger partial charge is 0.0214 e. The molecule has 2 atom stereocenters. The first-order chi connectivity index (χ1) is 9.95. The normalized spacial score (nSPS) is 15.5. The zero-order chi connectivity index (χ0) is 16.1. The van der Waals surface area contributed by atoms with Gasteiger partial charge >= 0.3 is 0 Å². The fourth-order valence-corrected chi connectivity index (χ4v) is 3.49. The summed E-state index contributed by atoms with van der Waals surface area (Å²) in [4.78, 5) is 0. The van der Waals surface area contributed by atoms with E-state index in [1.165, 1.54) is 63.4 Å². The van der Waals surface area contributed by atoms with Crippen LogP contribution < -0.4 is 0 Å². The van der Waals surface area contributed by atoms with Crippen LogP contribution in [0, 0.1) is 17.8 Å². The zero-order valence-electron chi connectivity index (χ0n) is 15.3. The highest BCUT2D eigenvalue weighted by atomic mass is 79.9. The summed E-state index contributed by atoms with van der Waals surface area (Å²) in [5.41, 5.74) is 1.54. The van der Waals surface area contributed by atoms with Gasteiger partial charge in [0.2, 0.25) is 0 Å². The standard InChI is InChI=1S/C20H39Br/c1-17(2)9-6-10-18(3)11-7-12-19(4)13-8-14-20(5)15-16-21/h15,17-19H,6-14,16H2,1-5H3/b20-15+/t18-,19+/m0/s1. The van der Waals surface area contributed by atoms with E-state index in [9.17, 15) is 0 Å². The molecule has 0 N–H and O–H groups in total. The zero-order valence-corrected chi connectivity index (χ0v) is 16.8. The molecule has 1 heteroatoms. The van der Waals surface area contributed by atoms with Crippen molar-refractivity contribution < 1.29 is 0 Å². The van der Waals surface area contributed by atoms with E-state index in [2.05, 4.69) is 56.6 Å². The summed E-state index contributed by atoms with van der Waals surface area (Å²) in [5.74, 6) is 2.71. The Morgan fingerprint density at radius 1 is 0.810 bits per heavy atom. The van der Waals surface area contributed by atoms with Gasteiger partial charge in [0.15, 0.2) is 0 Å². The highest BCUT2D eigenvalue weighted by Gasteiger charge is 2.06. The molecule has 126 valence electrons. The van der Waals surface area contributed by atoms with E-state index in [-0.39, 0.29) is 0 Å². The predicted molar refractivity (Wildman–Crippen MR) is 102 cm³/mol. The molecule has 0 aliphatic rings. The van der Waals surface area contributed by atoms with Gasteiger partial charge in [-0.25, -0.2) is 0 Å². The van der Waals surface area contributed by atoms with Gasteiger partial charge in [0.05, 0.1) is 0 Å². The molecule has 0 aromatic rings. The minimum atomic E-state index is 0.874. The lowest BCUT2D eigenvalue weighted by molar-refractivity contribution is 0.389. The molecule has 0 spiro atoms. The maximum atomic E-state index is 3.47. The Balaban J connectivity index is 3.52. The third-order valence-electron chi connectivity index (χ3n) is 4.57. The van der Waals surface area contributed by atoms with Crippen LogP contribution in [0.25, 0.3) is 0 Å². The second kappa shape index (κ2) is 13.9. The van der Waals surface area contributed by atoms with E-state index in [0.717, 1.165) is 23.1 Å². The van der Waals surface area contributed by atoms with Crippen LogP contribution >= 0.6 is 15.9 Å². The Morgan fingerprint density at radius 3 is 1.76 bits per heavy atom. The maximum Gasteiger partial charge on any atom is 0.0214 e. The van der Waals surface area contributed by atoms with Crippen LogP contribution in [0.1, 0.15) is 92.4 Å². The van der Waals surface area contributed by atoms with Crippen molar-refractivity contribution in [3.63, 3.8) is 0 Å². The quantitative estimate of drug-likeness (QED) is 0.233. The third kappa shape index (κ3) is 14.9. The van der Waals surface area contributed by atoms with Gasteiger partial charge in [0.1, 0.15) is 0 Å². The minimum absolute atomic E-state index is 0.874. The molecular formula is C20H39Br. The molecule has 0 amide bonds. The van der Waals surface area contributed by atoms with Crippen LogP contribution in [0.15, 0.2) is 11.6 Å². The average molecular weight is 359 g/mol. The monoisotopic (exact) mass is 358 g/mol. The lowest BCUT2D eigenvalue weighted by atomic mass is 9.91. The second-order valence-electron chi connectivity index (χ2n) is 7.56. The van der Waals surface area contributed by atoms with Crippen LogP contribution in [0.5, 0.6) is 0 Å². The van der Waals surface area contributed by atoms with E-state index < -0.39 is 0 Å². The number of hydrogen-bond acceptors (Lipinski definition) is 0. The van der Waals surface area contributed by atoms with E-state index in [1.807, 2.05) is 0 Å². The lowest BCUT2D eigenvalue weighted by Crippen LogP contribution is -2.00. The molecule has 0 rings (SSSR count). The highest BCUT2D eigenvalue weighted by Crippen LogP contribution is 2.22. The van der Waals surface area contributed by atoms with Gasteiger partial charge in [0, 0.05) is 5.33 Å². The Labute approximate surface area is 143 Å². The second-order valence-corrected chi connectivity index (χ2v) is 8.21. The molecule has 0 fully saturated rings. The van der Waals surface area contributed by atoms with E-state index in [4.69, 9.17) is 0 Å². The van der Waals surface area contributed by atoms with E-state index in [1.54, 1.807) is 0 Å². The Morgan fingerprint density at radius 2 is 1.29 bits per heavy atom. The summed E-state index contributed by atoms with van der Waals surface area (Å²) in [6.45, 7) is 11.8. The molecule has 21 heavy (non-hydrogen) atoms. The molecule has 0 nitrogen and oxygen atoms in total. The molecule has 0 saturated carbocycles. The molecule has 0 heterocycles. The Kier molecular flexibility index (Phi) is 14.0. The van der Waals surface area contributed by atoms with Gasteiger partial charge in [-0.3, -0.25) is 0 Å². The van der Waals surface area contributed by atoms with Gasteiger partial charge in [-0.05, 0) is 37.5 Å². The van der Waals surface area contributed by atoms with Crippen molar-refractivity contribution in [3.05, 3.63) is 11.6 Å².